The fraction of sp³-hybridized carbons (Fsp3) is 0.458. The number of hydrogen-bond acceptors (Lipinski definition) is 4. The maximum absolute atomic E-state index is 13.4. The van der Waals surface area contributed by atoms with Crippen molar-refractivity contribution in [2.75, 3.05) is 24.6 Å². The first-order valence-electron chi connectivity index (χ1n) is 11.0. The first-order valence-corrected chi connectivity index (χ1v) is 12.4. The molecule has 0 aliphatic carbocycles. The summed E-state index contributed by atoms with van der Waals surface area (Å²) in [6, 6.07) is 13.0. The number of carbonyl (C=O) groups excluding carboxylic acids is 1. The monoisotopic (exact) mass is 442 g/mol. The van der Waals surface area contributed by atoms with Crippen molar-refractivity contribution < 1.29 is 17.9 Å². The molecule has 6 nitrogen and oxygen atoms in total. The molecule has 2 aromatic rings. The second-order valence-electron chi connectivity index (χ2n) is 8.45. The van der Waals surface area contributed by atoms with Gasteiger partial charge in [-0.15, -0.1) is 0 Å². The zero-order valence-electron chi connectivity index (χ0n) is 18.4. The van der Waals surface area contributed by atoms with Crippen molar-refractivity contribution in [3.05, 3.63) is 53.6 Å². The standard InChI is InChI=1S/C24H30N2O4S/c1-4-30-23-12-11-21(14-17(23)2)31(28,29)25-13-7-9-20(16-25)24(27)26-18(3)15-19-8-5-6-10-22(19)26/h5-6,8,10-12,14,18,20H,4,7,9,13,15-16H2,1-3H3/t18-,20+/m0/s1. The summed E-state index contributed by atoms with van der Waals surface area (Å²) < 4.78 is 33.7. The molecular formula is C24H30N2O4S. The van der Waals surface area contributed by atoms with Crippen LogP contribution in [0.4, 0.5) is 5.69 Å². The van der Waals surface area contributed by atoms with Gasteiger partial charge in [0.25, 0.3) is 0 Å². The molecule has 2 aliphatic rings. The van der Waals surface area contributed by atoms with Gasteiger partial charge in [-0.2, -0.15) is 4.31 Å². The summed E-state index contributed by atoms with van der Waals surface area (Å²) in [5.41, 5.74) is 2.92. The van der Waals surface area contributed by atoms with E-state index in [0.29, 0.717) is 31.7 Å². The average molecular weight is 443 g/mol. The third-order valence-electron chi connectivity index (χ3n) is 6.26. The van der Waals surface area contributed by atoms with Gasteiger partial charge in [-0.3, -0.25) is 4.79 Å². The Morgan fingerprint density at radius 1 is 1.19 bits per heavy atom. The summed E-state index contributed by atoms with van der Waals surface area (Å²) in [7, 11) is -3.67. The van der Waals surface area contributed by atoms with Crippen LogP contribution >= 0.6 is 0 Å². The fourth-order valence-electron chi connectivity index (χ4n) is 4.71. The van der Waals surface area contributed by atoms with E-state index in [2.05, 4.69) is 13.0 Å². The first-order chi connectivity index (χ1) is 14.8. The third-order valence-corrected chi connectivity index (χ3v) is 8.12. The van der Waals surface area contributed by atoms with Gasteiger partial charge in [-0.25, -0.2) is 8.42 Å². The zero-order chi connectivity index (χ0) is 22.2. The molecule has 1 amide bonds. The molecule has 7 heteroatoms. The Labute approximate surface area is 184 Å². The minimum absolute atomic E-state index is 0.0280. The van der Waals surface area contributed by atoms with Gasteiger partial charge >= 0.3 is 0 Å². The van der Waals surface area contributed by atoms with Crippen molar-refractivity contribution in [1.29, 1.82) is 0 Å². The Kier molecular flexibility index (Phi) is 6.08. The molecule has 0 saturated carbocycles. The lowest BCUT2D eigenvalue weighted by molar-refractivity contribution is -0.123. The molecule has 0 unspecified atom stereocenters. The number of nitrogens with zero attached hydrogens (tertiary/aromatic N) is 2. The van der Waals surface area contributed by atoms with Crippen molar-refractivity contribution in [3.8, 4) is 5.75 Å². The lowest BCUT2D eigenvalue weighted by Crippen LogP contribution is -2.48. The second-order valence-corrected chi connectivity index (χ2v) is 10.4. The van der Waals surface area contributed by atoms with Crippen LogP contribution in [0.2, 0.25) is 0 Å². The minimum Gasteiger partial charge on any atom is -0.494 e. The number of hydrogen-bond donors (Lipinski definition) is 0. The largest absolute Gasteiger partial charge is 0.494 e. The number of aryl methyl sites for hydroxylation is 1. The lowest BCUT2D eigenvalue weighted by atomic mass is 9.97. The maximum atomic E-state index is 13.4. The van der Waals surface area contributed by atoms with E-state index in [9.17, 15) is 13.2 Å². The predicted molar refractivity (Wildman–Crippen MR) is 121 cm³/mol. The van der Waals surface area contributed by atoms with Crippen LogP contribution in [0.5, 0.6) is 5.75 Å². The Bertz CT molecular complexity index is 1080. The molecule has 31 heavy (non-hydrogen) atoms. The smallest absolute Gasteiger partial charge is 0.243 e. The Morgan fingerprint density at radius 3 is 2.71 bits per heavy atom. The van der Waals surface area contributed by atoms with E-state index in [-0.39, 0.29) is 29.3 Å². The van der Waals surface area contributed by atoms with Crippen LogP contribution in [0, 0.1) is 12.8 Å². The summed E-state index contributed by atoms with van der Waals surface area (Å²) in [6.45, 7) is 6.98. The highest BCUT2D eigenvalue weighted by atomic mass is 32.2. The van der Waals surface area contributed by atoms with Crippen molar-refractivity contribution in [2.45, 2.75) is 51.0 Å². The van der Waals surface area contributed by atoms with Crippen LogP contribution in [0.25, 0.3) is 0 Å². The highest BCUT2D eigenvalue weighted by Gasteiger charge is 2.39. The van der Waals surface area contributed by atoms with Crippen molar-refractivity contribution in [1.82, 2.24) is 4.31 Å². The van der Waals surface area contributed by atoms with E-state index >= 15 is 0 Å². The summed E-state index contributed by atoms with van der Waals surface area (Å²) in [5, 5.41) is 0. The van der Waals surface area contributed by atoms with Gasteiger partial charge in [0.05, 0.1) is 17.4 Å². The van der Waals surface area contributed by atoms with Crippen LogP contribution in [-0.4, -0.2) is 44.4 Å². The van der Waals surface area contributed by atoms with Crippen molar-refractivity contribution in [2.24, 2.45) is 5.92 Å². The molecule has 2 heterocycles. The molecule has 166 valence electrons. The highest BCUT2D eigenvalue weighted by Crippen LogP contribution is 2.35. The fourth-order valence-corrected chi connectivity index (χ4v) is 6.32. The van der Waals surface area contributed by atoms with E-state index < -0.39 is 10.0 Å². The lowest BCUT2D eigenvalue weighted by Gasteiger charge is -2.34. The van der Waals surface area contributed by atoms with E-state index in [4.69, 9.17) is 4.74 Å². The Hall–Kier alpha value is -2.38. The van der Waals surface area contributed by atoms with Gasteiger partial charge < -0.3 is 9.64 Å². The Balaban J connectivity index is 1.54. The third kappa shape index (κ3) is 4.08. The van der Waals surface area contributed by atoms with Crippen LogP contribution in [-0.2, 0) is 21.2 Å². The second kappa shape index (κ2) is 8.63. The van der Waals surface area contributed by atoms with E-state index in [1.54, 1.807) is 18.2 Å². The molecule has 4 rings (SSSR count). The topological polar surface area (TPSA) is 66.9 Å². The van der Waals surface area contributed by atoms with Crippen LogP contribution < -0.4 is 9.64 Å². The van der Waals surface area contributed by atoms with Gasteiger partial charge in [0.15, 0.2) is 0 Å². The number of fused-ring (bicyclic) bond motifs is 1. The number of sulfonamides is 1. The number of carbonyl (C=O) groups is 1. The highest BCUT2D eigenvalue weighted by molar-refractivity contribution is 7.89. The van der Waals surface area contributed by atoms with Gasteiger partial charge in [0.1, 0.15) is 5.75 Å². The molecule has 2 atom stereocenters. The van der Waals surface area contributed by atoms with Gasteiger partial charge in [0, 0.05) is 24.8 Å². The number of para-hydroxylation sites is 1. The van der Waals surface area contributed by atoms with Crippen molar-refractivity contribution >= 4 is 21.6 Å². The summed E-state index contributed by atoms with van der Waals surface area (Å²) in [5.74, 6) is 0.385. The quantitative estimate of drug-likeness (QED) is 0.707. The molecule has 0 spiro atoms. The summed E-state index contributed by atoms with van der Waals surface area (Å²) in [4.78, 5) is 15.6. The minimum atomic E-state index is -3.67. The Morgan fingerprint density at radius 2 is 1.97 bits per heavy atom. The summed E-state index contributed by atoms with van der Waals surface area (Å²) >= 11 is 0. The van der Waals surface area contributed by atoms with E-state index in [1.165, 1.54) is 9.87 Å². The molecule has 0 N–H and O–H groups in total. The molecule has 0 bridgehead atoms. The van der Waals surface area contributed by atoms with E-state index in [1.807, 2.05) is 36.9 Å². The van der Waals surface area contributed by atoms with E-state index in [0.717, 1.165) is 17.7 Å². The molecule has 0 aromatic heterocycles. The van der Waals surface area contributed by atoms with Crippen molar-refractivity contribution in [3.63, 3.8) is 0 Å². The zero-order valence-corrected chi connectivity index (χ0v) is 19.2. The number of piperidine rings is 1. The maximum Gasteiger partial charge on any atom is 0.243 e. The molecule has 1 fully saturated rings. The SMILES string of the molecule is CCOc1ccc(S(=O)(=O)N2CCC[C@@H](C(=O)N3c4ccccc4C[C@@H]3C)C2)cc1C. The predicted octanol–water partition coefficient (Wildman–Crippen LogP) is 3.77. The normalized spacial score (nSPS) is 21.7. The van der Waals surface area contributed by atoms with Gasteiger partial charge in [-0.1, -0.05) is 18.2 Å². The number of rotatable bonds is 5. The van der Waals surface area contributed by atoms with Gasteiger partial charge in [-0.05, 0) is 75.4 Å². The number of ether oxygens (including phenoxy) is 1. The van der Waals surface area contributed by atoms with Gasteiger partial charge in [0.2, 0.25) is 15.9 Å². The summed E-state index contributed by atoms with van der Waals surface area (Å²) in [6.07, 6.45) is 2.22. The average Bonchev–Trinajstić information content (AvgIpc) is 3.10. The number of benzene rings is 2. The molecule has 2 aliphatic heterocycles. The molecule has 1 saturated heterocycles. The number of amides is 1. The first kappa shape index (κ1) is 21.8. The molecular weight excluding hydrogens is 412 g/mol. The molecule has 2 aromatic carbocycles. The van der Waals surface area contributed by atoms with Crippen LogP contribution in [0.1, 0.15) is 37.8 Å². The number of anilines is 1. The molecule has 0 radical (unpaired) electrons. The van der Waals surface area contributed by atoms with Crippen LogP contribution in [0.3, 0.4) is 0 Å². The van der Waals surface area contributed by atoms with Crippen LogP contribution in [0.15, 0.2) is 47.4 Å².